The first-order valence-electron chi connectivity index (χ1n) is 9.13. The van der Waals surface area contributed by atoms with Crippen LogP contribution in [0.25, 0.3) is 0 Å². The molecule has 0 aromatic carbocycles. The van der Waals surface area contributed by atoms with Gasteiger partial charge >= 0.3 is 6.18 Å². The normalized spacial score (nSPS) is 31.2. The van der Waals surface area contributed by atoms with E-state index in [0.29, 0.717) is 23.2 Å². The Morgan fingerprint density at radius 2 is 1.85 bits per heavy atom. The van der Waals surface area contributed by atoms with Gasteiger partial charge < -0.3 is 0 Å². The van der Waals surface area contributed by atoms with Crippen molar-refractivity contribution in [2.24, 2.45) is 12.5 Å². The molecule has 2 saturated heterocycles. The zero-order valence-corrected chi connectivity index (χ0v) is 15.6. The zero-order chi connectivity index (χ0) is 18.7. The van der Waals surface area contributed by atoms with Gasteiger partial charge in [-0.25, -0.2) is 8.42 Å². The van der Waals surface area contributed by atoms with Crippen LogP contribution in [0.1, 0.15) is 49.4 Å². The van der Waals surface area contributed by atoms with Gasteiger partial charge in [-0.15, -0.1) is 0 Å². The number of sulfone groups is 1. The largest absolute Gasteiger partial charge is 0.435 e. The summed E-state index contributed by atoms with van der Waals surface area (Å²) in [6.07, 6.45) is 0.135. The average molecular weight is 391 g/mol. The van der Waals surface area contributed by atoms with E-state index in [2.05, 4.69) is 10.00 Å². The van der Waals surface area contributed by atoms with Crippen LogP contribution in [0.4, 0.5) is 13.2 Å². The van der Waals surface area contributed by atoms with Gasteiger partial charge in [0, 0.05) is 36.7 Å². The summed E-state index contributed by atoms with van der Waals surface area (Å²) in [5.74, 6) is 0.753. The zero-order valence-electron chi connectivity index (χ0n) is 14.8. The highest BCUT2D eigenvalue weighted by atomic mass is 32.2. The van der Waals surface area contributed by atoms with E-state index in [-0.39, 0.29) is 11.3 Å². The second-order valence-electron chi connectivity index (χ2n) is 8.33. The third-order valence-electron chi connectivity index (χ3n) is 6.36. The maximum absolute atomic E-state index is 12.9. The van der Waals surface area contributed by atoms with Gasteiger partial charge in [0.1, 0.15) is 0 Å². The monoisotopic (exact) mass is 391 g/mol. The minimum atomic E-state index is -4.40. The van der Waals surface area contributed by atoms with Crippen LogP contribution in [0.15, 0.2) is 6.07 Å². The number of likely N-dealkylation sites (tertiary alicyclic amines) is 1. The summed E-state index contributed by atoms with van der Waals surface area (Å²) in [5, 5.41) is 3.63. The molecule has 1 aromatic rings. The first-order chi connectivity index (χ1) is 12.1. The summed E-state index contributed by atoms with van der Waals surface area (Å²) in [6, 6.07) is 1.61. The van der Waals surface area contributed by atoms with Crippen molar-refractivity contribution in [2.45, 2.75) is 50.2 Å². The predicted octanol–water partition coefficient (Wildman–Crippen LogP) is 2.59. The molecule has 0 atom stereocenters. The van der Waals surface area contributed by atoms with E-state index in [9.17, 15) is 21.6 Å². The van der Waals surface area contributed by atoms with Crippen LogP contribution in [0.5, 0.6) is 0 Å². The Bertz CT molecular complexity index is 783. The maximum Gasteiger partial charge on any atom is 0.435 e. The number of hydrogen-bond acceptors (Lipinski definition) is 4. The Morgan fingerprint density at radius 1 is 1.19 bits per heavy atom. The molecular formula is C17H24F3N3O2S. The second-order valence-corrected chi connectivity index (χ2v) is 10.4. The van der Waals surface area contributed by atoms with Gasteiger partial charge in [-0.2, -0.15) is 18.3 Å². The smallest absolute Gasteiger partial charge is 0.300 e. The molecule has 26 heavy (non-hydrogen) atoms. The third-order valence-corrected chi connectivity index (χ3v) is 8.46. The Kier molecular flexibility index (Phi) is 4.19. The van der Waals surface area contributed by atoms with Gasteiger partial charge in [-0.3, -0.25) is 9.58 Å². The van der Waals surface area contributed by atoms with Gasteiger partial charge in [0.2, 0.25) is 0 Å². The number of halogens is 3. The van der Waals surface area contributed by atoms with Gasteiger partial charge in [-0.1, -0.05) is 0 Å². The van der Waals surface area contributed by atoms with Crippen LogP contribution >= 0.6 is 0 Å². The lowest BCUT2D eigenvalue weighted by Gasteiger charge is -2.40. The number of aromatic nitrogens is 2. The van der Waals surface area contributed by atoms with Gasteiger partial charge in [0.05, 0.1) is 11.5 Å². The number of rotatable bonds is 2. The van der Waals surface area contributed by atoms with Crippen molar-refractivity contribution in [3.8, 4) is 0 Å². The Hall–Kier alpha value is -1.09. The maximum atomic E-state index is 12.9. The molecule has 3 aliphatic rings. The highest BCUT2D eigenvalue weighted by Gasteiger charge is 2.53. The van der Waals surface area contributed by atoms with Crippen molar-refractivity contribution >= 4 is 9.84 Å². The van der Waals surface area contributed by atoms with Crippen LogP contribution in [0.2, 0.25) is 0 Å². The fraction of sp³-hybridized carbons (Fsp3) is 0.824. The van der Waals surface area contributed by atoms with E-state index in [1.807, 2.05) is 0 Å². The molecule has 0 unspecified atom stereocenters. The standard InChI is InChI=1S/C17H24F3N3O2S/c1-22-14(8-15(21-22)17(18,19)20)12-2-4-13(5-3-12)23-7-6-16(9-23)10-26(24,25)11-16/h8,12-13H,2-7,9-11H2,1H3/t12-,13+. The van der Waals surface area contributed by atoms with E-state index in [1.165, 1.54) is 10.7 Å². The molecule has 0 bridgehead atoms. The summed E-state index contributed by atoms with van der Waals surface area (Å²) >= 11 is 0. The molecule has 3 fully saturated rings. The van der Waals surface area contributed by atoms with E-state index >= 15 is 0 Å². The van der Waals surface area contributed by atoms with Crippen LogP contribution in [0, 0.1) is 5.41 Å². The minimum Gasteiger partial charge on any atom is -0.300 e. The highest BCUT2D eigenvalue weighted by Crippen LogP contribution is 2.44. The van der Waals surface area contributed by atoms with E-state index < -0.39 is 21.7 Å². The molecule has 3 heterocycles. The van der Waals surface area contributed by atoms with Crippen molar-refractivity contribution in [3.63, 3.8) is 0 Å². The minimum absolute atomic E-state index is 0.0284. The number of nitrogens with zero attached hydrogens (tertiary/aromatic N) is 3. The molecule has 5 nitrogen and oxygen atoms in total. The van der Waals surface area contributed by atoms with Gasteiger partial charge in [0.15, 0.2) is 15.5 Å². The fourth-order valence-corrected chi connectivity index (χ4v) is 7.40. The third kappa shape index (κ3) is 3.28. The molecule has 0 amide bonds. The van der Waals surface area contributed by atoms with E-state index in [1.54, 1.807) is 7.05 Å². The summed E-state index contributed by atoms with van der Waals surface area (Å²) < 4.78 is 63.0. The van der Waals surface area contributed by atoms with Gasteiger partial charge in [-0.05, 0) is 44.7 Å². The summed E-state index contributed by atoms with van der Waals surface area (Å²) in [4.78, 5) is 2.41. The Labute approximate surface area is 151 Å². The number of alkyl halides is 3. The quantitative estimate of drug-likeness (QED) is 0.778. The SMILES string of the molecule is Cn1nc(C(F)(F)F)cc1[C@H]1CC[C@@H](N2CCC3(C2)CS(=O)(=O)C3)CC1. The molecule has 1 aromatic heterocycles. The van der Waals surface area contributed by atoms with Crippen molar-refractivity contribution in [2.75, 3.05) is 24.6 Å². The second kappa shape index (κ2) is 5.95. The number of hydrogen-bond donors (Lipinski definition) is 0. The fourth-order valence-electron chi connectivity index (χ4n) is 5.15. The molecular weight excluding hydrogens is 367 g/mol. The first kappa shape index (κ1) is 18.3. The molecule has 2 aliphatic heterocycles. The lowest BCUT2D eigenvalue weighted by atomic mass is 9.83. The predicted molar refractivity (Wildman–Crippen MR) is 90.5 cm³/mol. The van der Waals surface area contributed by atoms with Crippen LogP contribution in [-0.4, -0.2) is 53.7 Å². The molecule has 0 N–H and O–H groups in total. The van der Waals surface area contributed by atoms with Crippen molar-refractivity contribution in [1.82, 2.24) is 14.7 Å². The molecule has 146 valence electrons. The molecule has 0 radical (unpaired) electrons. The highest BCUT2D eigenvalue weighted by molar-refractivity contribution is 7.92. The molecule has 4 rings (SSSR count). The molecule has 1 saturated carbocycles. The summed E-state index contributed by atoms with van der Waals surface area (Å²) in [5.41, 5.74) is -0.178. The van der Waals surface area contributed by atoms with E-state index in [4.69, 9.17) is 0 Å². The Balaban J connectivity index is 1.36. The van der Waals surface area contributed by atoms with Crippen molar-refractivity contribution < 1.29 is 21.6 Å². The molecule has 9 heteroatoms. The van der Waals surface area contributed by atoms with Crippen LogP contribution < -0.4 is 0 Å². The molecule has 1 aliphatic carbocycles. The van der Waals surface area contributed by atoms with Crippen LogP contribution in [0.3, 0.4) is 0 Å². The van der Waals surface area contributed by atoms with E-state index in [0.717, 1.165) is 45.2 Å². The van der Waals surface area contributed by atoms with Crippen molar-refractivity contribution in [3.05, 3.63) is 17.5 Å². The lowest BCUT2D eigenvalue weighted by Crippen LogP contribution is -2.51. The Morgan fingerprint density at radius 3 is 2.38 bits per heavy atom. The van der Waals surface area contributed by atoms with Gasteiger partial charge in [0.25, 0.3) is 0 Å². The lowest BCUT2D eigenvalue weighted by molar-refractivity contribution is -0.141. The molecule has 1 spiro atoms. The average Bonchev–Trinajstić information content (AvgIpc) is 3.10. The summed E-state index contributed by atoms with van der Waals surface area (Å²) in [7, 11) is -1.23. The first-order valence-corrected chi connectivity index (χ1v) is 10.9. The van der Waals surface area contributed by atoms with Crippen LogP contribution in [-0.2, 0) is 23.1 Å². The summed E-state index contributed by atoms with van der Waals surface area (Å²) in [6.45, 7) is 1.79. The topological polar surface area (TPSA) is 55.2 Å². The van der Waals surface area contributed by atoms with Crippen molar-refractivity contribution in [1.29, 1.82) is 0 Å². The number of aryl methyl sites for hydroxylation is 1.